The molecule has 0 atom stereocenters. The Labute approximate surface area is 152 Å². The number of nitrogens with zero attached hydrogens (tertiary/aromatic N) is 1. The van der Waals surface area contributed by atoms with E-state index in [2.05, 4.69) is 91.3 Å². The summed E-state index contributed by atoms with van der Waals surface area (Å²) < 4.78 is 2.47. The van der Waals surface area contributed by atoms with E-state index >= 15 is 0 Å². The number of pyridine rings is 1. The zero-order valence-electron chi connectivity index (χ0n) is 14.7. The van der Waals surface area contributed by atoms with E-state index in [9.17, 15) is 0 Å². The van der Waals surface area contributed by atoms with Crippen molar-refractivity contribution in [3.05, 3.63) is 78.4 Å². The van der Waals surface area contributed by atoms with E-state index in [0.717, 1.165) is 6.32 Å². The van der Waals surface area contributed by atoms with E-state index in [1.54, 1.807) is 0 Å². The second-order valence-electron chi connectivity index (χ2n) is 7.14. The van der Waals surface area contributed by atoms with Gasteiger partial charge in [-0.3, -0.25) is 0 Å². The average molecular weight is 330 g/mol. The number of para-hydroxylation sites is 2. The largest absolute Gasteiger partial charge is 0.308 e. The Morgan fingerprint density at radius 3 is 2.38 bits per heavy atom. The predicted molar refractivity (Wildman–Crippen MR) is 114 cm³/mol. The maximum absolute atomic E-state index is 2.47. The van der Waals surface area contributed by atoms with Gasteiger partial charge in [0.15, 0.2) is 0 Å². The molecule has 4 aromatic carbocycles. The minimum Gasteiger partial charge on any atom is -0.308 e. The van der Waals surface area contributed by atoms with Crippen LogP contribution in [0.2, 0.25) is 6.82 Å². The normalized spacial score (nSPS) is 12.2. The van der Waals surface area contributed by atoms with Crippen molar-refractivity contribution in [2.75, 3.05) is 0 Å². The van der Waals surface area contributed by atoms with Crippen molar-refractivity contribution in [1.82, 2.24) is 4.40 Å². The van der Waals surface area contributed by atoms with Crippen molar-refractivity contribution < 1.29 is 0 Å². The van der Waals surface area contributed by atoms with Crippen molar-refractivity contribution >= 4 is 56.1 Å². The highest BCUT2D eigenvalue weighted by Crippen LogP contribution is 2.41. The smallest absolute Gasteiger partial charge is 0.111 e. The first-order valence-corrected chi connectivity index (χ1v) is 9.24. The number of hydrogen-bond acceptors (Lipinski definition) is 0. The molecule has 0 bridgehead atoms. The molecule has 2 heterocycles. The number of benzene rings is 4. The van der Waals surface area contributed by atoms with Gasteiger partial charge in [-0.1, -0.05) is 73.8 Å². The lowest BCUT2D eigenvalue weighted by Crippen LogP contribution is -1.98. The SMILES string of the molecule is C[B]Cc1ccc2cccc3c2c1c1cccc2c4ccccc4n3c21. The fraction of sp³-hybridized carbons (Fsp3) is 0.0833. The maximum Gasteiger partial charge on any atom is 0.111 e. The standard InChI is InChI=1S/C24H17BN/c1-25-14-16-13-12-15-6-4-11-21-23(15)22(16)19-9-5-8-18-17-7-2-3-10-20(17)26(21)24(18)19/h2-13H,14H2,1H3. The lowest BCUT2D eigenvalue weighted by atomic mass is 9.73. The summed E-state index contributed by atoms with van der Waals surface area (Å²) in [6, 6.07) is 26.8. The quantitative estimate of drug-likeness (QED) is 0.201. The first kappa shape index (κ1) is 14.2. The van der Waals surface area contributed by atoms with Crippen LogP contribution in [-0.4, -0.2) is 11.7 Å². The molecule has 0 aliphatic heterocycles. The van der Waals surface area contributed by atoms with Crippen LogP contribution in [-0.2, 0) is 6.32 Å². The highest BCUT2D eigenvalue weighted by molar-refractivity contribution is 6.35. The van der Waals surface area contributed by atoms with E-state index in [4.69, 9.17) is 0 Å². The summed E-state index contributed by atoms with van der Waals surface area (Å²) in [5, 5.41) is 8.15. The van der Waals surface area contributed by atoms with Crippen LogP contribution >= 0.6 is 0 Å². The Morgan fingerprint density at radius 1 is 0.692 bits per heavy atom. The molecule has 0 saturated carbocycles. The minimum absolute atomic E-state index is 0.996. The molecule has 6 rings (SSSR count). The van der Waals surface area contributed by atoms with Crippen molar-refractivity contribution in [2.45, 2.75) is 13.1 Å². The van der Waals surface area contributed by atoms with Crippen LogP contribution < -0.4 is 0 Å². The molecule has 0 saturated heterocycles. The molecule has 121 valence electrons. The molecule has 1 nitrogen and oxygen atoms in total. The van der Waals surface area contributed by atoms with Crippen LogP contribution in [0.5, 0.6) is 0 Å². The summed E-state index contributed by atoms with van der Waals surface area (Å²) in [5.41, 5.74) is 5.36. The lowest BCUT2D eigenvalue weighted by molar-refractivity contribution is 1.34. The third-order valence-corrected chi connectivity index (χ3v) is 5.74. The van der Waals surface area contributed by atoms with Gasteiger partial charge in [0.1, 0.15) is 7.28 Å². The second-order valence-corrected chi connectivity index (χ2v) is 7.14. The summed E-state index contributed by atoms with van der Waals surface area (Å²) in [4.78, 5) is 0. The summed E-state index contributed by atoms with van der Waals surface area (Å²) in [7, 11) is 2.25. The average Bonchev–Trinajstić information content (AvgIpc) is 3.03. The van der Waals surface area contributed by atoms with Crippen LogP contribution in [0.25, 0.3) is 48.9 Å². The summed E-state index contributed by atoms with van der Waals surface area (Å²) in [6.07, 6.45) is 0.996. The number of rotatable bonds is 2. The van der Waals surface area contributed by atoms with Crippen molar-refractivity contribution in [3.63, 3.8) is 0 Å². The molecule has 0 aliphatic carbocycles. The molecule has 6 aromatic rings. The minimum atomic E-state index is 0.996. The van der Waals surface area contributed by atoms with Gasteiger partial charge in [0, 0.05) is 21.5 Å². The number of aromatic nitrogens is 1. The van der Waals surface area contributed by atoms with Crippen LogP contribution in [0.3, 0.4) is 0 Å². The Balaban J connectivity index is 2.06. The molecule has 2 aromatic heterocycles. The van der Waals surface area contributed by atoms with E-state index in [0.29, 0.717) is 0 Å². The Bertz CT molecular complexity index is 1440. The van der Waals surface area contributed by atoms with Gasteiger partial charge >= 0.3 is 0 Å². The van der Waals surface area contributed by atoms with Crippen LogP contribution in [0.4, 0.5) is 0 Å². The fourth-order valence-electron chi connectivity index (χ4n) is 4.76. The second kappa shape index (κ2) is 5.01. The molecule has 0 fully saturated rings. The molecule has 0 spiro atoms. The predicted octanol–water partition coefficient (Wildman–Crippen LogP) is 6.24. The van der Waals surface area contributed by atoms with Crippen LogP contribution in [0.1, 0.15) is 5.56 Å². The van der Waals surface area contributed by atoms with Crippen LogP contribution in [0, 0.1) is 0 Å². The third kappa shape index (κ3) is 1.62. The molecule has 0 aliphatic rings. The fourth-order valence-corrected chi connectivity index (χ4v) is 4.76. The Kier molecular flexibility index (Phi) is 2.74. The van der Waals surface area contributed by atoms with Gasteiger partial charge in [0.05, 0.1) is 16.6 Å². The zero-order chi connectivity index (χ0) is 17.3. The number of hydrogen-bond donors (Lipinski definition) is 0. The topological polar surface area (TPSA) is 4.41 Å². The molecule has 26 heavy (non-hydrogen) atoms. The van der Waals surface area contributed by atoms with Gasteiger partial charge in [-0.05, 0) is 28.5 Å². The molecular weight excluding hydrogens is 313 g/mol. The van der Waals surface area contributed by atoms with Crippen LogP contribution in [0.15, 0.2) is 72.8 Å². The highest BCUT2D eigenvalue weighted by atomic mass is 14.9. The first-order valence-electron chi connectivity index (χ1n) is 9.24. The van der Waals surface area contributed by atoms with Gasteiger partial charge in [-0.15, -0.1) is 0 Å². The molecule has 0 unspecified atom stereocenters. The van der Waals surface area contributed by atoms with Crippen molar-refractivity contribution in [3.8, 4) is 0 Å². The molecule has 0 amide bonds. The van der Waals surface area contributed by atoms with Gasteiger partial charge in [-0.25, -0.2) is 0 Å². The zero-order valence-corrected chi connectivity index (χ0v) is 14.7. The third-order valence-electron chi connectivity index (χ3n) is 5.74. The summed E-state index contributed by atoms with van der Waals surface area (Å²) >= 11 is 0. The lowest BCUT2D eigenvalue weighted by Gasteiger charge is -2.16. The van der Waals surface area contributed by atoms with Crippen molar-refractivity contribution in [2.24, 2.45) is 0 Å². The van der Waals surface area contributed by atoms with Gasteiger partial charge in [0.2, 0.25) is 0 Å². The first-order chi connectivity index (χ1) is 12.9. The number of fused-ring (bicyclic) bond motifs is 5. The Hall–Kier alpha value is -3.00. The molecule has 2 heteroatoms. The van der Waals surface area contributed by atoms with E-state index < -0.39 is 0 Å². The molecule has 1 radical (unpaired) electrons. The van der Waals surface area contributed by atoms with E-state index in [1.807, 2.05) is 0 Å². The maximum atomic E-state index is 2.47. The molecule has 0 N–H and O–H groups in total. The summed E-state index contributed by atoms with van der Waals surface area (Å²) in [6.45, 7) is 2.14. The highest BCUT2D eigenvalue weighted by Gasteiger charge is 2.18. The van der Waals surface area contributed by atoms with Gasteiger partial charge in [-0.2, -0.15) is 0 Å². The van der Waals surface area contributed by atoms with E-state index in [-0.39, 0.29) is 0 Å². The Morgan fingerprint density at radius 2 is 1.46 bits per heavy atom. The monoisotopic (exact) mass is 330 g/mol. The molecular formula is C24H17BN. The van der Waals surface area contributed by atoms with Crippen molar-refractivity contribution in [1.29, 1.82) is 0 Å². The van der Waals surface area contributed by atoms with E-state index in [1.165, 1.54) is 54.4 Å². The van der Waals surface area contributed by atoms with Gasteiger partial charge in [0.25, 0.3) is 0 Å². The summed E-state index contributed by atoms with van der Waals surface area (Å²) in [5.74, 6) is 0. The van der Waals surface area contributed by atoms with Gasteiger partial charge < -0.3 is 4.40 Å².